The van der Waals surface area contributed by atoms with Crippen LogP contribution in [0.4, 0.5) is 0 Å². The van der Waals surface area contributed by atoms with E-state index < -0.39 is 0 Å². The fraction of sp³-hybridized carbons (Fsp3) is 0.435. The van der Waals surface area contributed by atoms with Crippen LogP contribution in [0.1, 0.15) is 25.0 Å². The van der Waals surface area contributed by atoms with E-state index in [1.165, 1.54) is 5.56 Å². The number of nitrogens with zero attached hydrogens (tertiary/aromatic N) is 1. The molecule has 0 amide bonds. The molecule has 2 aromatic carbocycles. The van der Waals surface area contributed by atoms with Crippen molar-refractivity contribution in [3.63, 3.8) is 0 Å². The third-order valence-electron chi connectivity index (χ3n) is 4.48. The van der Waals surface area contributed by atoms with Gasteiger partial charge in [0.2, 0.25) is 0 Å². The lowest BCUT2D eigenvalue weighted by Crippen LogP contribution is -2.37. The smallest absolute Gasteiger partial charge is 0.191 e. The van der Waals surface area contributed by atoms with E-state index in [4.69, 9.17) is 18.9 Å². The molecule has 7 nitrogen and oxygen atoms in total. The van der Waals surface area contributed by atoms with E-state index in [1.807, 2.05) is 44.2 Å². The van der Waals surface area contributed by atoms with Crippen LogP contribution in [0.2, 0.25) is 0 Å². The van der Waals surface area contributed by atoms with Gasteiger partial charge >= 0.3 is 0 Å². The Morgan fingerprint density at radius 2 is 1.61 bits per heavy atom. The molecule has 0 aromatic heterocycles. The Morgan fingerprint density at radius 1 is 0.871 bits per heavy atom. The van der Waals surface area contributed by atoms with Gasteiger partial charge in [-0.3, -0.25) is 4.99 Å². The number of aliphatic imine (C=N–C) groups is 1. The zero-order valence-corrected chi connectivity index (χ0v) is 21.3. The largest absolute Gasteiger partial charge is 0.497 e. The zero-order chi connectivity index (χ0) is 21.8. The highest BCUT2D eigenvalue weighted by molar-refractivity contribution is 14.0. The summed E-state index contributed by atoms with van der Waals surface area (Å²) in [7, 11) is 5.05. The van der Waals surface area contributed by atoms with Gasteiger partial charge in [0, 0.05) is 31.8 Å². The van der Waals surface area contributed by atoms with Gasteiger partial charge in [-0.25, -0.2) is 0 Å². The van der Waals surface area contributed by atoms with Crippen LogP contribution in [0.25, 0.3) is 0 Å². The molecule has 0 radical (unpaired) electrons. The lowest BCUT2D eigenvalue weighted by Gasteiger charge is -2.15. The maximum atomic E-state index is 5.70. The van der Waals surface area contributed by atoms with E-state index in [0.29, 0.717) is 19.8 Å². The van der Waals surface area contributed by atoms with Gasteiger partial charge < -0.3 is 29.6 Å². The van der Waals surface area contributed by atoms with Crippen LogP contribution in [-0.2, 0) is 13.0 Å². The molecule has 0 saturated heterocycles. The van der Waals surface area contributed by atoms with Crippen molar-refractivity contribution in [2.45, 2.75) is 26.8 Å². The molecular weight excluding hydrogens is 509 g/mol. The monoisotopic (exact) mass is 543 g/mol. The summed E-state index contributed by atoms with van der Waals surface area (Å²) in [4.78, 5) is 4.29. The van der Waals surface area contributed by atoms with Crippen LogP contribution < -0.4 is 29.6 Å². The second-order valence-corrected chi connectivity index (χ2v) is 6.43. The van der Waals surface area contributed by atoms with E-state index >= 15 is 0 Å². The predicted molar refractivity (Wildman–Crippen MR) is 136 cm³/mol. The molecule has 0 heterocycles. The summed E-state index contributed by atoms with van der Waals surface area (Å²) in [6.07, 6.45) is 0.832. The van der Waals surface area contributed by atoms with Crippen molar-refractivity contribution in [2.75, 3.05) is 41.0 Å². The SMILES string of the molecule is CCOc1ccc(CCNC(=NC)NCc2ccc(OC)cc2OC)cc1OCC.I. The van der Waals surface area contributed by atoms with Gasteiger partial charge in [-0.05, 0) is 50.1 Å². The standard InChI is InChI=1S/C23H33N3O4.HI/c1-6-29-20-11-8-17(14-22(20)30-7-2)12-13-25-23(24-3)26-16-18-9-10-19(27-4)15-21(18)28-5;/h8-11,14-15H,6-7,12-13,16H2,1-5H3,(H2,24,25,26);1H. The third kappa shape index (κ3) is 8.35. The predicted octanol–water partition coefficient (Wildman–Crippen LogP) is 4.03. The fourth-order valence-corrected chi connectivity index (χ4v) is 2.97. The quantitative estimate of drug-likeness (QED) is 0.254. The Balaban J connectivity index is 0.00000480. The number of nitrogens with one attached hydrogen (secondary N) is 2. The number of guanidine groups is 1. The Labute approximate surface area is 202 Å². The molecule has 0 unspecified atom stereocenters. The van der Waals surface area contributed by atoms with Gasteiger partial charge in [0.05, 0.1) is 27.4 Å². The maximum absolute atomic E-state index is 5.70. The summed E-state index contributed by atoms with van der Waals surface area (Å²) in [6.45, 7) is 6.48. The van der Waals surface area contributed by atoms with Crippen molar-refractivity contribution in [3.05, 3.63) is 47.5 Å². The van der Waals surface area contributed by atoms with Crippen molar-refractivity contribution in [1.29, 1.82) is 0 Å². The van der Waals surface area contributed by atoms with Crippen molar-refractivity contribution in [2.24, 2.45) is 4.99 Å². The summed E-state index contributed by atoms with van der Waals surface area (Å²) in [5.74, 6) is 3.83. The summed E-state index contributed by atoms with van der Waals surface area (Å²) in [5.41, 5.74) is 2.19. The molecule has 0 aliphatic carbocycles. The van der Waals surface area contributed by atoms with E-state index in [0.717, 1.165) is 47.5 Å². The van der Waals surface area contributed by atoms with Crippen LogP contribution >= 0.6 is 24.0 Å². The molecule has 0 saturated carbocycles. The molecule has 0 bridgehead atoms. The van der Waals surface area contributed by atoms with Crippen molar-refractivity contribution in [1.82, 2.24) is 10.6 Å². The lowest BCUT2D eigenvalue weighted by atomic mass is 10.1. The Bertz CT molecular complexity index is 830. The first-order valence-corrected chi connectivity index (χ1v) is 10.2. The molecule has 2 N–H and O–H groups in total. The van der Waals surface area contributed by atoms with E-state index in [-0.39, 0.29) is 24.0 Å². The molecule has 8 heteroatoms. The number of rotatable bonds is 11. The van der Waals surface area contributed by atoms with Gasteiger partial charge in [0.25, 0.3) is 0 Å². The maximum Gasteiger partial charge on any atom is 0.191 e. The number of halogens is 1. The zero-order valence-electron chi connectivity index (χ0n) is 19.0. The highest BCUT2D eigenvalue weighted by atomic mass is 127. The number of hydrogen-bond donors (Lipinski definition) is 2. The summed E-state index contributed by atoms with van der Waals surface area (Å²) < 4.78 is 22.0. The van der Waals surface area contributed by atoms with Gasteiger partial charge in [-0.2, -0.15) is 0 Å². The van der Waals surface area contributed by atoms with E-state index in [9.17, 15) is 0 Å². The molecule has 0 aliphatic rings. The fourth-order valence-electron chi connectivity index (χ4n) is 2.97. The summed E-state index contributed by atoms with van der Waals surface area (Å²) in [6, 6.07) is 11.8. The molecular formula is C23H34IN3O4. The molecule has 31 heavy (non-hydrogen) atoms. The van der Waals surface area contributed by atoms with Crippen molar-refractivity contribution < 1.29 is 18.9 Å². The number of benzene rings is 2. The van der Waals surface area contributed by atoms with E-state index in [2.05, 4.69) is 21.7 Å². The highest BCUT2D eigenvalue weighted by Crippen LogP contribution is 2.28. The Morgan fingerprint density at radius 3 is 2.26 bits per heavy atom. The Kier molecular flexibility index (Phi) is 12.6. The summed E-state index contributed by atoms with van der Waals surface area (Å²) >= 11 is 0. The van der Waals surface area contributed by atoms with Crippen LogP contribution in [-0.4, -0.2) is 47.0 Å². The number of ether oxygens (including phenoxy) is 4. The topological polar surface area (TPSA) is 73.3 Å². The van der Waals surface area contributed by atoms with Crippen LogP contribution in [0, 0.1) is 0 Å². The highest BCUT2D eigenvalue weighted by Gasteiger charge is 2.08. The number of hydrogen-bond acceptors (Lipinski definition) is 5. The van der Waals surface area contributed by atoms with E-state index in [1.54, 1.807) is 21.3 Å². The molecule has 0 atom stereocenters. The first-order chi connectivity index (χ1) is 14.6. The van der Waals surface area contributed by atoms with Gasteiger partial charge in [-0.1, -0.05) is 6.07 Å². The molecule has 0 spiro atoms. The normalized spacial score (nSPS) is 10.7. The van der Waals surface area contributed by atoms with Crippen LogP contribution in [0.3, 0.4) is 0 Å². The Hall–Kier alpha value is -2.36. The average Bonchev–Trinajstić information content (AvgIpc) is 2.77. The van der Waals surface area contributed by atoms with Crippen molar-refractivity contribution >= 4 is 29.9 Å². The molecule has 2 aromatic rings. The molecule has 172 valence electrons. The molecule has 0 fully saturated rings. The molecule has 2 rings (SSSR count). The second kappa shape index (κ2) is 14.6. The van der Waals surface area contributed by atoms with Gasteiger partial charge in [0.15, 0.2) is 17.5 Å². The summed E-state index contributed by atoms with van der Waals surface area (Å²) in [5, 5.41) is 6.66. The average molecular weight is 543 g/mol. The lowest BCUT2D eigenvalue weighted by molar-refractivity contribution is 0.287. The minimum absolute atomic E-state index is 0. The molecule has 0 aliphatic heterocycles. The first-order valence-electron chi connectivity index (χ1n) is 10.2. The third-order valence-corrected chi connectivity index (χ3v) is 4.48. The van der Waals surface area contributed by atoms with Gasteiger partial charge in [0.1, 0.15) is 11.5 Å². The van der Waals surface area contributed by atoms with Crippen molar-refractivity contribution in [3.8, 4) is 23.0 Å². The van der Waals surface area contributed by atoms with Gasteiger partial charge in [-0.15, -0.1) is 24.0 Å². The minimum Gasteiger partial charge on any atom is -0.497 e. The van der Waals surface area contributed by atoms with Crippen LogP contribution in [0.15, 0.2) is 41.4 Å². The minimum atomic E-state index is 0. The first kappa shape index (κ1) is 26.7. The van der Waals surface area contributed by atoms with Crippen LogP contribution in [0.5, 0.6) is 23.0 Å². The number of methoxy groups -OCH3 is 2. The second-order valence-electron chi connectivity index (χ2n) is 6.43.